The highest BCUT2D eigenvalue weighted by molar-refractivity contribution is 6.33. The molecule has 11 heavy (non-hydrogen) atoms. The van der Waals surface area contributed by atoms with E-state index in [0.717, 1.165) is 5.92 Å². The van der Waals surface area contributed by atoms with Gasteiger partial charge in [0.2, 0.25) is 0 Å². The van der Waals surface area contributed by atoms with Gasteiger partial charge >= 0.3 is 0 Å². The van der Waals surface area contributed by atoms with Crippen molar-refractivity contribution in [1.82, 2.24) is 4.90 Å². The van der Waals surface area contributed by atoms with Gasteiger partial charge in [-0.25, -0.2) is 0 Å². The van der Waals surface area contributed by atoms with Crippen LogP contribution in [0.25, 0.3) is 0 Å². The van der Waals surface area contributed by atoms with Gasteiger partial charge in [0.05, 0.1) is 0 Å². The van der Waals surface area contributed by atoms with Crippen molar-refractivity contribution in [2.45, 2.75) is 40.0 Å². The summed E-state index contributed by atoms with van der Waals surface area (Å²) in [5.74, 6) is 0.854. The van der Waals surface area contributed by atoms with Crippen LogP contribution in [0.15, 0.2) is 0 Å². The van der Waals surface area contributed by atoms with Crippen molar-refractivity contribution in [2.24, 2.45) is 5.92 Å². The summed E-state index contributed by atoms with van der Waals surface area (Å²) >= 11 is 0. The fourth-order valence-corrected chi connectivity index (χ4v) is 1.29. The first-order chi connectivity index (χ1) is 5.07. The van der Waals surface area contributed by atoms with Crippen molar-refractivity contribution < 1.29 is 0 Å². The summed E-state index contributed by atoms with van der Waals surface area (Å²) in [4.78, 5) is 2.42. The Morgan fingerprint density at radius 2 is 1.82 bits per heavy atom. The molecule has 0 rings (SSSR count). The molecule has 0 spiro atoms. The number of nitrogens with zero attached hydrogens (tertiary/aromatic N) is 1. The van der Waals surface area contributed by atoms with E-state index in [2.05, 4.69) is 39.5 Å². The molecule has 0 bridgehead atoms. The van der Waals surface area contributed by atoms with Gasteiger partial charge in [-0.05, 0) is 26.8 Å². The Kier molecular flexibility index (Phi) is 5.66. The molecular formula is C9H22BN. The molecule has 0 aliphatic carbocycles. The summed E-state index contributed by atoms with van der Waals surface area (Å²) in [5, 5.41) is 0. The molecule has 0 aliphatic rings. The van der Waals surface area contributed by atoms with Crippen LogP contribution in [0.4, 0.5) is 0 Å². The second-order valence-electron chi connectivity index (χ2n) is 3.93. The highest BCUT2D eigenvalue weighted by Gasteiger charge is 2.07. The summed E-state index contributed by atoms with van der Waals surface area (Å²) < 4.78 is 0. The van der Waals surface area contributed by atoms with Crippen LogP contribution < -0.4 is 0 Å². The molecule has 1 atom stereocenters. The summed E-state index contributed by atoms with van der Waals surface area (Å²) in [6, 6.07) is 0.689. The largest absolute Gasteiger partial charge is 0.304 e. The van der Waals surface area contributed by atoms with Crippen molar-refractivity contribution in [2.75, 3.05) is 13.6 Å². The number of hydrogen-bond donors (Lipinski definition) is 0. The lowest BCUT2D eigenvalue weighted by Crippen LogP contribution is -2.30. The van der Waals surface area contributed by atoms with Crippen LogP contribution in [-0.2, 0) is 0 Å². The predicted octanol–water partition coefficient (Wildman–Crippen LogP) is 1.87. The Balaban J connectivity index is 3.48. The molecule has 0 aromatic carbocycles. The van der Waals surface area contributed by atoms with Gasteiger partial charge in [0, 0.05) is 12.6 Å². The van der Waals surface area contributed by atoms with E-state index in [4.69, 9.17) is 0 Å². The normalized spacial score (nSPS) is 14.1. The average molecular weight is 155 g/mol. The second kappa shape index (κ2) is 5.65. The van der Waals surface area contributed by atoms with Crippen molar-refractivity contribution in [3.05, 3.63) is 0 Å². The Morgan fingerprint density at radius 1 is 1.27 bits per heavy atom. The Morgan fingerprint density at radius 3 is 2.18 bits per heavy atom. The van der Waals surface area contributed by atoms with Crippen LogP contribution in [0.1, 0.15) is 20.8 Å². The summed E-state index contributed by atoms with van der Waals surface area (Å²) in [6.45, 7) is 10.3. The van der Waals surface area contributed by atoms with E-state index in [1.165, 1.54) is 20.1 Å². The first-order valence-electron chi connectivity index (χ1n) is 4.78. The molecule has 1 unspecified atom stereocenters. The van der Waals surface area contributed by atoms with Crippen LogP contribution in [0, 0.1) is 5.92 Å². The van der Waals surface area contributed by atoms with Crippen molar-refractivity contribution in [1.29, 1.82) is 0 Å². The van der Waals surface area contributed by atoms with E-state index in [-0.39, 0.29) is 0 Å². The molecule has 0 radical (unpaired) electrons. The van der Waals surface area contributed by atoms with E-state index in [1.807, 2.05) is 0 Å². The molecular weight excluding hydrogens is 133 g/mol. The van der Waals surface area contributed by atoms with Gasteiger partial charge in [0.15, 0.2) is 0 Å². The fraction of sp³-hybridized carbons (Fsp3) is 1.00. The lowest BCUT2D eigenvalue weighted by atomic mass is 9.73. The topological polar surface area (TPSA) is 3.24 Å². The minimum atomic E-state index is 0.689. The zero-order valence-electron chi connectivity index (χ0n) is 8.72. The van der Waals surface area contributed by atoms with Gasteiger partial charge in [-0.3, -0.25) is 0 Å². The highest BCUT2D eigenvalue weighted by atomic mass is 15.1. The van der Waals surface area contributed by atoms with Gasteiger partial charge in [-0.1, -0.05) is 20.1 Å². The first kappa shape index (κ1) is 11.0. The lowest BCUT2D eigenvalue weighted by molar-refractivity contribution is 0.244. The molecule has 2 heteroatoms. The van der Waals surface area contributed by atoms with Gasteiger partial charge in [0.1, 0.15) is 7.28 Å². The first-order valence-corrected chi connectivity index (χ1v) is 4.78. The third-order valence-electron chi connectivity index (χ3n) is 2.26. The standard InChI is InChI=1S/C9H22BN/c1-8(2)11(5)7-9(3)6-10-4/h8-10H,6-7H2,1-5H3. The quantitative estimate of drug-likeness (QED) is 0.548. The summed E-state index contributed by atoms with van der Waals surface area (Å²) in [7, 11) is 3.52. The zero-order chi connectivity index (χ0) is 8.85. The fourth-order valence-electron chi connectivity index (χ4n) is 1.29. The SMILES string of the molecule is CBCC(C)CN(C)C(C)C. The van der Waals surface area contributed by atoms with Crippen LogP contribution in [0.5, 0.6) is 0 Å². The van der Waals surface area contributed by atoms with Crippen molar-refractivity contribution in [3.63, 3.8) is 0 Å². The Labute approximate surface area is 72.4 Å². The van der Waals surface area contributed by atoms with Gasteiger partial charge in [-0.2, -0.15) is 0 Å². The average Bonchev–Trinajstić information content (AvgIpc) is 1.87. The van der Waals surface area contributed by atoms with Gasteiger partial charge < -0.3 is 4.90 Å². The predicted molar refractivity (Wildman–Crippen MR) is 54.8 cm³/mol. The summed E-state index contributed by atoms with van der Waals surface area (Å²) in [5.41, 5.74) is 0. The highest BCUT2D eigenvalue weighted by Crippen LogP contribution is 2.05. The number of rotatable bonds is 5. The molecule has 0 fully saturated rings. The van der Waals surface area contributed by atoms with Crippen LogP contribution >= 0.6 is 0 Å². The molecule has 0 heterocycles. The maximum absolute atomic E-state index is 2.42. The molecule has 0 saturated carbocycles. The molecule has 66 valence electrons. The molecule has 0 aliphatic heterocycles. The van der Waals surface area contributed by atoms with Crippen LogP contribution in [0.3, 0.4) is 0 Å². The van der Waals surface area contributed by atoms with E-state index in [9.17, 15) is 0 Å². The van der Waals surface area contributed by atoms with E-state index < -0.39 is 0 Å². The van der Waals surface area contributed by atoms with Gasteiger partial charge in [0.25, 0.3) is 0 Å². The maximum Gasteiger partial charge on any atom is 0.117 e. The lowest BCUT2D eigenvalue weighted by Gasteiger charge is -2.24. The summed E-state index contributed by atoms with van der Waals surface area (Å²) in [6.07, 6.45) is 1.36. The third-order valence-corrected chi connectivity index (χ3v) is 2.26. The van der Waals surface area contributed by atoms with Gasteiger partial charge in [-0.15, -0.1) is 0 Å². The second-order valence-corrected chi connectivity index (χ2v) is 3.93. The molecule has 0 aromatic heterocycles. The van der Waals surface area contributed by atoms with Crippen LogP contribution in [0.2, 0.25) is 13.1 Å². The smallest absolute Gasteiger partial charge is 0.117 e. The molecule has 0 saturated heterocycles. The third kappa shape index (κ3) is 5.31. The minimum Gasteiger partial charge on any atom is -0.304 e. The molecule has 0 amide bonds. The van der Waals surface area contributed by atoms with Crippen molar-refractivity contribution in [3.8, 4) is 0 Å². The van der Waals surface area contributed by atoms with E-state index >= 15 is 0 Å². The van der Waals surface area contributed by atoms with Crippen molar-refractivity contribution >= 4 is 7.28 Å². The molecule has 0 aromatic rings. The maximum atomic E-state index is 2.42. The number of hydrogen-bond acceptors (Lipinski definition) is 1. The molecule has 1 nitrogen and oxygen atoms in total. The van der Waals surface area contributed by atoms with Crippen LogP contribution in [-0.4, -0.2) is 31.8 Å². The monoisotopic (exact) mass is 155 g/mol. The zero-order valence-corrected chi connectivity index (χ0v) is 8.72. The van der Waals surface area contributed by atoms with E-state index in [0.29, 0.717) is 6.04 Å². The molecule has 0 N–H and O–H groups in total. The Hall–Kier alpha value is 0.0249. The minimum absolute atomic E-state index is 0.689. The van der Waals surface area contributed by atoms with E-state index in [1.54, 1.807) is 0 Å². The Bertz CT molecular complexity index is 93.6.